The number of fused-ring (bicyclic) bond motifs is 1. The van der Waals surface area contributed by atoms with Gasteiger partial charge in [0.05, 0.1) is 15.8 Å². The predicted octanol–water partition coefficient (Wildman–Crippen LogP) is 2.06. The molecule has 0 amide bonds. The van der Waals surface area contributed by atoms with Gasteiger partial charge in [0.2, 0.25) is 0 Å². The lowest BCUT2D eigenvalue weighted by molar-refractivity contribution is -0.384. The Morgan fingerprint density at radius 3 is 2.55 bits per heavy atom. The zero-order chi connectivity index (χ0) is 16.0. The molecule has 1 fully saturated rings. The number of non-ortho nitro benzene ring substituents is 1. The van der Waals surface area contributed by atoms with Crippen LogP contribution in [-0.4, -0.2) is 14.1 Å². The minimum atomic E-state index is -0.533. The van der Waals surface area contributed by atoms with Crippen molar-refractivity contribution < 1.29 is 4.92 Å². The summed E-state index contributed by atoms with van der Waals surface area (Å²) in [6, 6.07) is 3.94. The van der Waals surface area contributed by atoms with Crippen LogP contribution >= 0.6 is 0 Å². The van der Waals surface area contributed by atoms with Gasteiger partial charge in [-0.3, -0.25) is 24.0 Å². The first-order valence-electron chi connectivity index (χ1n) is 7.33. The van der Waals surface area contributed by atoms with Gasteiger partial charge in [-0.1, -0.05) is 0 Å². The summed E-state index contributed by atoms with van der Waals surface area (Å²) < 4.78 is 2.76. The van der Waals surface area contributed by atoms with Gasteiger partial charge < -0.3 is 0 Å². The van der Waals surface area contributed by atoms with E-state index in [2.05, 4.69) is 0 Å². The summed E-state index contributed by atoms with van der Waals surface area (Å²) in [5.41, 5.74) is -0.472. The second-order valence-electron chi connectivity index (χ2n) is 6.06. The van der Waals surface area contributed by atoms with Crippen LogP contribution in [0.1, 0.15) is 32.7 Å². The molecule has 0 spiro atoms. The van der Waals surface area contributed by atoms with Crippen molar-refractivity contribution in [2.45, 2.75) is 39.3 Å². The van der Waals surface area contributed by atoms with Crippen molar-refractivity contribution in [2.75, 3.05) is 0 Å². The SMILES string of the molecule is CC(C)n1c(=O)n(CC2CC2)c(=O)c2cc([N+](=O)[O-])ccc21. The number of benzene rings is 1. The zero-order valence-electron chi connectivity index (χ0n) is 12.5. The molecule has 22 heavy (non-hydrogen) atoms. The van der Waals surface area contributed by atoms with E-state index in [0.29, 0.717) is 18.0 Å². The first kappa shape index (κ1) is 14.5. The van der Waals surface area contributed by atoms with Crippen molar-refractivity contribution in [2.24, 2.45) is 5.92 Å². The third-order valence-electron chi connectivity index (χ3n) is 4.02. The summed E-state index contributed by atoms with van der Waals surface area (Å²) in [4.78, 5) is 35.6. The van der Waals surface area contributed by atoms with Crippen molar-refractivity contribution in [3.63, 3.8) is 0 Å². The number of aromatic nitrogens is 2. The molecular formula is C15H17N3O4. The number of nitro groups is 1. The summed E-state index contributed by atoms with van der Waals surface area (Å²) in [6.07, 6.45) is 2.03. The van der Waals surface area contributed by atoms with Gasteiger partial charge in [0.1, 0.15) is 0 Å². The van der Waals surface area contributed by atoms with Crippen LogP contribution in [0.25, 0.3) is 10.9 Å². The fourth-order valence-corrected chi connectivity index (χ4v) is 2.70. The lowest BCUT2D eigenvalue weighted by atomic mass is 10.2. The maximum Gasteiger partial charge on any atom is 0.331 e. The fraction of sp³-hybridized carbons (Fsp3) is 0.467. The van der Waals surface area contributed by atoms with Gasteiger partial charge in [0.25, 0.3) is 11.2 Å². The predicted molar refractivity (Wildman–Crippen MR) is 82.2 cm³/mol. The van der Waals surface area contributed by atoms with E-state index in [1.807, 2.05) is 13.8 Å². The van der Waals surface area contributed by atoms with Crippen LogP contribution in [0, 0.1) is 16.0 Å². The van der Waals surface area contributed by atoms with Gasteiger partial charge in [-0.05, 0) is 38.7 Å². The molecule has 0 unspecified atom stereocenters. The first-order valence-corrected chi connectivity index (χ1v) is 7.33. The molecule has 0 atom stereocenters. The molecular weight excluding hydrogens is 286 g/mol. The van der Waals surface area contributed by atoms with Crippen molar-refractivity contribution in [1.29, 1.82) is 0 Å². The van der Waals surface area contributed by atoms with E-state index in [-0.39, 0.29) is 22.8 Å². The van der Waals surface area contributed by atoms with Crippen molar-refractivity contribution in [1.82, 2.24) is 9.13 Å². The van der Waals surface area contributed by atoms with Crippen LogP contribution in [0.15, 0.2) is 27.8 Å². The van der Waals surface area contributed by atoms with Gasteiger partial charge in [0.15, 0.2) is 0 Å². The quantitative estimate of drug-likeness (QED) is 0.639. The molecule has 0 N–H and O–H groups in total. The Morgan fingerprint density at radius 2 is 2.00 bits per heavy atom. The van der Waals surface area contributed by atoms with Gasteiger partial charge in [-0.2, -0.15) is 0 Å². The Kier molecular flexibility index (Phi) is 3.35. The highest BCUT2D eigenvalue weighted by Gasteiger charge is 2.25. The lowest BCUT2D eigenvalue weighted by Gasteiger charge is -2.16. The first-order chi connectivity index (χ1) is 10.4. The Bertz CT molecular complexity index is 875. The average molecular weight is 303 g/mol. The highest BCUT2D eigenvalue weighted by molar-refractivity contribution is 5.80. The Morgan fingerprint density at radius 1 is 1.32 bits per heavy atom. The minimum absolute atomic E-state index is 0.137. The molecule has 116 valence electrons. The van der Waals surface area contributed by atoms with Crippen LogP contribution in [0.2, 0.25) is 0 Å². The number of nitrogens with zero attached hydrogens (tertiary/aromatic N) is 3. The molecule has 1 aliphatic carbocycles. The van der Waals surface area contributed by atoms with Crippen LogP contribution in [0.4, 0.5) is 5.69 Å². The van der Waals surface area contributed by atoms with E-state index in [4.69, 9.17) is 0 Å². The molecule has 2 aromatic rings. The van der Waals surface area contributed by atoms with E-state index < -0.39 is 10.5 Å². The standard InChI is InChI=1S/C15H17N3O4/c1-9(2)17-13-6-5-11(18(21)22)7-12(13)14(19)16(15(17)20)8-10-3-4-10/h5-7,9-10H,3-4,8H2,1-2H3. The number of hydrogen-bond acceptors (Lipinski definition) is 4. The van der Waals surface area contributed by atoms with Crippen LogP contribution in [-0.2, 0) is 6.54 Å². The largest absolute Gasteiger partial charge is 0.331 e. The molecule has 1 saturated carbocycles. The molecule has 7 nitrogen and oxygen atoms in total. The second-order valence-corrected chi connectivity index (χ2v) is 6.06. The molecule has 0 saturated heterocycles. The third-order valence-corrected chi connectivity index (χ3v) is 4.02. The Hall–Kier alpha value is -2.44. The van der Waals surface area contributed by atoms with Gasteiger partial charge >= 0.3 is 5.69 Å². The molecule has 0 radical (unpaired) electrons. The molecule has 0 bridgehead atoms. The molecule has 3 rings (SSSR count). The van der Waals surface area contributed by atoms with Crippen LogP contribution in [0.3, 0.4) is 0 Å². The molecule has 0 aliphatic heterocycles. The average Bonchev–Trinajstić information content (AvgIpc) is 3.26. The smallest absolute Gasteiger partial charge is 0.291 e. The molecule has 7 heteroatoms. The van der Waals surface area contributed by atoms with Gasteiger partial charge in [-0.25, -0.2) is 4.79 Å². The van der Waals surface area contributed by atoms with E-state index in [1.54, 1.807) is 0 Å². The summed E-state index contributed by atoms with van der Waals surface area (Å²) in [5.74, 6) is 0.363. The van der Waals surface area contributed by atoms with E-state index in [9.17, 15) is 19.7 Å². The molecule has 1 heterocycles. The van der Waals surface area contributed by atoms with E-state index in [1.165, 1.54) is 27.3 Å². The summed E-state index contributed by atoms with van der Waals surface area (Å²) in [6.45, 7) is 4.10. The van der Waals surface area contributed by atoms with Crippen molar-refractivity contribution in [3.8, 4) is 0 Å². The van der Waals surface area contributed by atoms with Crippen LogP contribution < -0.4 is 11.2 Å². The zero-order valence-corrected chi connectivity index (χ0v) is 12.5. The molecule has 1 aromatic heterocycles. The van der Waals surface area contributed by atoms with E-state index in [0.717, 1.165) is 12.8 Å². The highest BCUT2D eigenvalue weighted by Crippen LogP contribution is 2.30. The Balaban J connectivity index is 2.37. The normalized spacial score (nSPS) is 14.7. The van der Waals surface area contributed by atoms with E-state index >= 15 is 0 Å². The number of rotatable bonds is 4. The lowest BCUT2D eigenvalue weighted by Crippen LogP contribution is -2.41. The Labute approximate surface area is 125 Å². The summed E-state index contributed by atoms with van der Waals surface area (Å²) in [7, 11) is 0. The number of nitro benzene ring substituents is 1. The maximum absolute atomic E-state index is 12.6. The minimum Gasteiger partial charge on any atom is -0.291 e. The fourth-order valence-electron chi connectivity index (χ4n) is 2.70. The van der Waals surface area contributed by atoms with Crippen LogP contribution in [0.5, 0.6) is 0 Å². The third kappa shape index (κ3) is 2.32. The molecule has 1 aromatic carbocycles. The topological polar surface area (TPSA) is 87.1 Å². The van der Waals surface area contributed by atoms with Crippen molar-refractivity contribution in [3.05, 3.63) is 49.2 Å². The van der Waals surface area contributed by atoms with Crippen molar-refractivity contribution >= 4 is 16.6 Å². The summed E-state index contributed by atoms with van der Waals surface area (Å²) in [5, 5.41) is 11.2. The maximum atomic E-state index is 12.6. The number of hydrogen-bond donors (Lipinski definition) is 0. The highest BCUT2D eigenvalue weighted by atomic mass is 16.6. The molecule has 1 aliphatic rings. The monoisotopic (exact) mass is 303 g/mol. The van der Waals surface area contributed by atoms with Gasteiger partial charge in [0, 0.05) is 24.7 Å². The van der Waals surface area contributed by atoms with Gasteiger partial charge in [-0.15, -0.1) is 0 Å². The second kappa shape index (κ2) is 5.08. The summed E-state index contributed by atoms with van der Waals surface area (Å²) >= 11 is 0.